The fourth-order valence-electron chi connectivity index (χ4n) is 2.41. The molecule has 0 atom stereocenters. The third kappa shape index (κ3) is 2.05. The number of halogens is 1. The SMILES string of the molecule is CNc1nccc(C(=O)N2CCCC2(C)C)c1F. The van der Waals surface area contributed by atoms with Gasteiger partial charge in [-0.1, -0.05) is 0 Å². The van der Waals surface area contributed by atoms with Crippen LogP contribution in [-0.4, -0.2) is 34.9 Å². The monoisotopic (exact) mass is 251 g/mol. The van der Waals surface area contributed by atoms with E-state index in [1.165, 1.54) is 12.3 Å². The van der Waals surface area contributed by atoms with Crippen LogP contribution in [0.5, 0.6) is 0 Å². The van der Waals surface area contributed by atoms with Crippen molar-refractivity contribution in [3.05, 3.63) is 23.6 Å². The third-order valence-electron chi connectivity index (χ3n) is 3.50. The highest BCUT2D eigenvalue weighted by Crippen LogP contribution is 2.30. The van der Waals surface area contributed by atoms with Gasteiger partial charge < -0.3 is 10.2 Å². The van der Waals surface area contributed by atoms with Crippen LogP contribution in [0.1, 0.15) is 37.0 Å². The summed E-state index contributed by atoms with van der Waals surface area (Å²) < 4.78 is 14.1. The molecule has 0 unspecified atom stereocenters. The average molecular weight is 251 g/mol. The minimum atomic E-state index is -0.576. The van der Waals surface area contributed by atoms with E-state index in [4.69, 9.17) is 0 Å². The Morgan fingerprint density at radius 1 is 1.56 bits per heavy atom. The molecule has 0 radical (unpaired) electrons. The highest BCUT2D eigenvalue weighted by molar-refractivity contribution is 5.95. The van der Waals surface area contributed by atoms with E-state index in [0.717, 1.165) is 12.8 Å². The van der Waals surface area contributed by atoms with Crippen LogP contribution in [0.25, 0.3) is 0 Å². The van der Waals surface area contributed by atoms with Crippen LogP contribution in [0, 0.1) is 5.82 Å². The number of hydrogen-bond acceptors (Lipinski definition) is 3. The summed E-state index contributed by atoms with van der Waals surface area (Å²) in [6, 6.07) is 1.44. The van der Waals surface area contributed by atoms with Crippen molar-refractivity contribution in [3.63, 3.8) is 0 Å². The van der Waals surface area contributed by atoms with Crippen LogP contribution in [0.2, 0.25) is 0 Å². The number of rotatable bonds is 2. The van der Waals surface area contributed by atoms with Gasteiger partial charge in [0.1, 0.15) is 0 Å². The molecule has 98 valence electrons. The molecule has 2 rings (SSSR count). The van der Waals surface area contributed by atoms with Crippen molar-refractivity contribution in [1.29, 1.82) is 0 Å². The second-order valence-corrected chi connectivity index (χ2v) is 5.14. The maximum absolute atomic E-state index is 14.1. The van der Waals surface area contributed by atoms with E-state index in [2.05, 4.69) is 10.3 Å². The van der Waals surface area contributed by atoms with Crippen molar-refractivity contribution < 1.29 is 9.18 Å². The van der Waals surface area contributed by atoms with Gasteiger partial charge in [-0.25, -0.2) is 9.37 Å². The van der Waals surface area contributed by atoms with E-state index >= 15 is 0 Å². The molecular weight excluding hydrogens is 233 g/mol. The summed E-state index contributed by atoms with van der Waals surface area (Å²) >= 11 is 0. The Balaban J connectivity index is 2.35. The highest BCUT2D eigenvalue weighted by atomic mass is 19.1. The van der Waals surface area contributed by atoms with Crippen molar-refractivity contribution in [2.45, 2.75) is 32.2 Å². The first-order chi connectivity index (χ1) is 8.47. The Morgan fingerprint density at radius 3 is 2.83 bits per heavy atom. The minimum absolute atomic E-state index is 0.0873. The third-order valence-corrected chi connectivity index (χ3v) is 3.50. The predicted octanol–water partition coefficient (Wildman–Crippen LogP) is 2.28. The Hall–Kier alpha value is -1.65. The number of nitrogens with one attached hydrogen (secondary N) is 1. The van der Waals surface area contributed by atoms with E-state index in [9.17, 15) is 9.18 Å². The highest BCUT2D eigenvalue weighted by Gasteiger charge is 2.36. The number of likely N-dealkylation sites (tertiary alicyclic amines) is 1. The summed E-state index contributed by atoms with van der Waals surface area (Å²) in [5.74, 6) is -0.723. The molecule has 1 N–H and O–H groups in total. The van der Waals surface area contributed by atoms with Crippen LogP contribution in [0.4, 0.5) is 10.2 Å². The van der Waals surface area contributed by atoms with Crippen LogP contribution < -0.4 is 5.32 Å². The van der Waals surface area contributed by atoms with Crippen LogP contribution >= 0.6 is 0 Å². The number of carbonyl (C=O) groups excluding carboxylic acids is 1. The van der Waals surface area contributed by atoms with E-state index in [0.29, 0.717) is 6.54 Å². The molecule has 1 aromatic heterocycles. The molecule has 1 aromatic rings. The van der Waals surface area contributed by atoms with Gasteiger partial charge in [0.15, 0.2) is 11.6 Å². The summed E-state index contributed by atoms with van der Waals surface area (Å²) in [5.41, 5.74) is -0.114. The minimum Gasteiger partial charge on any atom is -0.371 e. The van der Waals surface area contributed by atoms with Gasteiger partial charge in [0, 0.05) is 25.3 Å². The lowest BCUT2D eigenvalue weighted by Gasteiger charge is -2.31. The molecule has 0 bridgehead atoms. The molecule has 1 fully saturated rings. The molecular formula is C13H18FN3O. The molecule has 1 saturated heterocycles. The number of nitrogens with zero attached hydrogens (tertiary/aromatic N) is 2. The van der Waals surface area contributed by atoms with Gasteiger partial charge in [-0.05, 0) is 32.8 Å². The first-order valence-corrected chi connectivity index (χ1v) is 6.11. The fraction of sp³-hybridized carbons (Fsp3) is 0.538. The van der Waals surface area contributed by atoms with Crippen LogP contribution in [0.3, 0.4) is 0 Å². The summed E-state index contributed by atoms with van der Waals surface area (Å²) in [6.07, 6.45) is 3.36. The van der Waals surface area contributed by atoms with Crippen molar-refractivity contribution in [1.82, 2.24) is 9.88 Å². The van der Waals surface area contributed by atoms with Crippen molar-refractivity contribution in [2.75, 3.05) is 18.9 Å². The van der Waals surface area contributed by atoms with Gasteiger partial charge in [-0.2, -0.15) is 0 Å². The summed E-state index contributed by atoms with van der Waals surface area (Å²) in [7, 11) is 1.58. The lowest BCUT2D eigenvalue weighted by Crippen LogP contribution is -2.43. The van der Waals surface area contributed by atoms with Gasteiger partial charge in [0.05, 0.1) is 5.56 Å². The largest absolute Gasteiger partial charge is 0.371 e. The fourth-order valence-corrected chi connectivity index (χ4v) is 2.41. The first-order valence-electron chi connectivity index (χ1n) is 6.11. The van der Waals surface area contributed by atoms with Gasteiger partial charge in [-0.3, -0.25) is 4.79 Å². The standard InChI is InChI=1S/C13H18FN3O/c1-13(2)6-4-8-17(13)12(18)9-5-7-16-11(15-3)10(9)14/h5,7H,4,6,8H2,1-3H3,(H,15,16). The average Bonchev–Trinajstić information content (AvgIpc) is 2.68. The molecule has 1 amide bonds. The molecule has 4 nitrogen and oxygen atoms in total. The Kier molecular flexibility index (Phi) is 3.24. The van der Waals surface area contributed by atoms with Gasteiger partial charge >= 0.3 is 0 Å². The molecule has 1 aliphatic heterocycles. The maximum Gasteiger partial charge on any atom is 0.257 e. The number of carbonyl (C=O) groups is 1. The topological polar surface area (TPSA) is 45.2 Å². The number of pyridine rings is 1. The van der Waals surface area contributed by atoms with Crippen LogP contribution in [0.15, 0.2) is 12.3 Å². The quantitative estimate of drug-likeness (QED) is 0.877. The summed E-state index contributed by atoms with van der Waals surface area (Å²) in [5, 5.41) is 2.64. The van der Waals surface area contributed by atoms with Crippen molar-refractivity contribution >= 4 is 11.7 Å². The van der Waals surface area contributed by atoms with E-state index in [1.807, 2.05) is 13.8 Å². The molecule has 2 heterocycles. The lowest BCUT2D eigenvalue weighted by molar-refractivity contribution is 0.0647. The van der Waals surface area contributed by atoms with E-state index in [-0.39, 0.29) is 22.8 Å². The van der Waals surface area contributed by atoms with Crippen molar-refractivity contribution in [2.24, 2.45) is 0 Å². The first kappa shape index (κ1) is 12.8. The Bertz CT molecular complexity index is 473. The zero-order chi connectivity index (χ0) is 13.3. The molecule has 0 aromatic carbocycles. The van der Waals surface area contributed by atoms with Crippen LogP contribution in [-0.2, 0) is 0 Å². The smallest absolute Gasteiger partial charge is 0.257 e. The zero-order valence-electron chi connectivity index (χ0n) is 11.0. The summed E-state index contributed by atoms with van der Waals surface area (Å²) in [4.78, 5) is 18.0. The van der Waals surface area contributed by atoms with Gasteiger partial charge in [0.2, 0.25) is 0 Å². The lowest BCUT2D eigenvalue weighted by atomic mass is 10.0. The number of anilines is 1. The van der Waals surface area contributed by atoms with E-state index in [1.54, 1.807) is 11.9 Å². The Labute approximate surface area is 106 Å². The maximum atomic E-state index is 14.1. The number of aromatic nitrogens is 1. The molecule has 0 spiro atoms. The molecule has 18 heavy (non-hydrogen) atoms. The normalized spacial score (nSPS) is 17.9. The van der Waals surface area contributed by atoms with Crippen molar-refractivity contribution in [3.8, 4) is 0 Å². The van der Waals surface area contributed by atoms with Gasteiger partial charge in [-0.15, -0.1) is 0 Å². The second kappa shape index (κ2) is 4.55. The van der Waals surface area contributed by atoms with E-state index < -0.39 is 5.82 Å². The molecule has 0 saturated carbocycles. The summed E-state index contributed by atoms with van der Waals surface area (Å²) in [6.45, 7) is 4.70. The predicted molar refractivity (Wildman–Crippen MR) is 68.1 cm³/mol. The van der Waals surface area contributed by atoms with Gasteiger partial charge in [0.25, 0.3) is 5.91 Å². The Morgan fingerprint density at radius 2 is 2.28 bits per heavy atom. The number of amides is 1. The molecule has 0 aliphatic carbocycles. The number of hydrogen-bond donors (Lipinski definition) is 1. The molecule has 1 aliphatic rings. The zero-order valence-corrected chi connectivity index (χ0v) is 11.0. The second-order valence-electron chi connectivity index (χ2n) is 5.14. The molecule has 5 heteroatoms.